The molecule has 0 saturated carbocycles. The second-order valence-corrected chi connectivity index (χ2v) is 5.63. The zero-order valence-corrected chi connectivity index (χ0v) is 12.2. The summed E-state index contributed by atoms with van der Waals surface area (Å²) in [6.45, 7) is 5.57. The Kier molecular flexibility index (Phi) is 6.45. The minimum Gasteiger partial charge on any atom is -0.409 e. The minimum absolute atomic E-state index is 0.209. The van der Waals surface area contributed by atoms with Gasteiger partial charge in [0.1, 0.15) is 11.7 Å². The van der Waals surface area contributed by atoms with Gasteiger partial charge < -0.3 is 16.3 Å². The lowest BCUT2D eigenvalue weighted by molar-refractivity contribution is 0.304. The number of benzene rings is 1. The summed E-state index contributed by atoms with van der Waals surface area (Å²) in [5.74, 6) is 0.0656. The lowest BCUT2D eigenvalue weighted by Gasteiger charge is -2.22. The molecule has 1 aromatic rings. The van der Waals surface area contributed by atoms with Crippen molar-refractivity contribution in [1.82, 2.24) is 5.32 Å². The summed E-state index contributed by atoms with van der Waals surface area (Å²) in [6, 6.07) is 6.50. The van der Waals surface area contributed by atoms with E-state index >= 15 is 0 Å². The standard InChI is InChI=1S/C15H24FN3O/c1-15(2,14(17)19-20)9-3-4-10-18-11-12-5-7-13(16)8-6-12/h5-8,18,20H,3-4,9-11H2,1-2H3,(H2,17,19). The Hall–Kier alpha value is -1.62. The SMILES string of the molecule is CC(C)(CCCCNCc1ccc(F)cc1)/C(N)=N/O. The molecule has 1 aromatic carbocycles. The molecule has 0 fully saturated rings. The van der Waals surface area contributed by atoms with Crippen LogP contribution in [0.2, 0.25) is 0 Å². The third kappa shape index (κ3) is 5.57. The number of oxime groups is 1. The number of hydrogen-bond acceptors (Lipinski definition) is 3. The van der Waals surface area contributed by atoms with Crippen molar-refractivity contribution in [3.05, 3.63) is 35.6 Å². The van der Waals surface area contributed by atoms with Crippen LogP contribution in [-0.2, 0) is 6.54 Å². The molecule has 0 atom stereocenters. The molecule has 0 aromatic heterocycles. The Morgan fingerprint density at radius 3 is 2.55 bits per heavy atom. The third-order valence-electron chi connectivity index (χ3n) is 3.45. The molecule has 4 nitrogen and oxygen atoms in total. The van der Waals surface area contributed by atoms with E-state index in [0.717, 1.165) is 37.9 Å². The first-order valence-electron chi connectivity index (χ1n) is 6.89. The van der Waals surface area contributed by atoms with Crippen molar-refractivity contribution in [2.45, 2.75) is 39.7 Å². The smallest absolute Gasteiger partial charge is 0.144 e. The van der Waals surface area contributed by atoms with E-state index in [-0.39, 0.29) is 17.1 Å². The topological polar surface area (TPSA) is 70.6 Å². The van der Waals surface area contributed by atoms with E-state index in [2.05, 4.69) is 10.5 Å². The average Bonchev–Trinajstić information content (AvgIpc) is 2.43. The zero-order chi connectivity index (χ0) is 15.0. The molecule has 0 saturated heterocycles. The van der Waals surface area contributed by atoms with Gasteiger partial charge in [-0.25, -0.2) is 4.39 Å². The Morgan fingerprint density at radius 1 is 1.30 bits per heavy atom. The summed E-state index contributed by atoms with van der Waals surface area (Å²) in [4.78, 5) is 0. The Labute approximate surface area is 119 Å². The minimum atomic E-state index is -0.272. The van der Waals surface area contributed by atoms with Crippen molar-refractivity contribution in [3.8, 4) is 0 Å². The van der Waals surface area contributed by atoms with Crippen molar-refractivity contribution < 1.29 is 9.60 Å². The number of nitrogens with two attached hydrogens (primary N) is 1. The van der Waals surface area contributed by atoms with E-state index < -0.39 is 0 Å². The van der Waals surface area contributed by atoms with E-state index in [9.17, 15) is 4.39 Å². The summed E-state index contributed by atoms with van der Waals surface area (Å²) in [5, 5.41) is 15.1. The van der Waals surface area contributed by atoms with E-state index in [1.807, 2.05) is 13.8 Å². The highest BCUT2D eigenvalue weighted by molar-refractivity contribution is 5.85. The quantitative estimate of drug-likeness (QED) is 0.226. The van der Waals surface area contributed by atoms with Gasteiger partial charge in [-0.3, -0.25) is 0 Å². The number of unbranched alkanes of at least 4 members (excludes halogenated alkanes) is 1. The van der Waals surface area contributed by atoms with Gasteiger partial charge in [0, 0.05) is 12.0 Å². The molecule has 0 spiro atoms. The van der Waals surface area contributed by atoms with Gasteiger partial charge in [-0.1, -0.05) is 37.6 Å². The molecule has 0 aliphatic heterocycles. The molecule has 0 radical (unpaired) electrons. The maximum atomic E-state index is 12.7. The lowest BCUT2D eigenvalue weighted by Crippen LogP contribution is -2.32. The van der Waals surface area contributed by atoms with E-state index in [1.54, 1.807) is 12.1 Å². The first-order valence-corrected chi connectivity index (χ1v) is 6.89. The molecule has 5 heteroatoms. The van der Waals surface area contributed by atoms with E-state index in [4.69, 9.17) is 10.9 Å². The highest BCUT2D eigenvalue weighted by atomic mass is 19.1. The molecule has 0 amide bonds. The Morgan fingerprint density at radius 2 is 1.95 bits per heavy atom. The van der Waals surface area contributed by atoms with Crippen molar-refractivity contribution in [2.24, 2.45) is 16.3 Å². The molecular weight excluding hydrogens is 257 g/mol. The number of halogens is 1. The first kappa shape index (κ1) is 16.4. The van der Waals surface area contributed by atoms with Crippen LogP contribution in [0.1, 0.15) is 38.7 Å². The molecule has 20 heavy (non-hydrogen) atoms. The van der Waals surface area contributed by atoms with Crippen molar-refractivity contribution in [2.75, 3.05) is 6.54 Å². The van der Waals surface area contributed by atoms with Gasteiger partial charge in [-0.05, 0) is 37.1 Å². The van der Waals surface area contributed by atoms with E-state index in [1.165, 1.54) is 12.1 Å². The van der Waals surface area contributed by atoms with Gasteiger partial charge in [-0.15, -0.1) is 0 Å². The molecule has 112 valence electrons. The van der Waals surface area contributed by atoms with Gasteiger partial charge in [-0.2, -0.15) is 0 Å². The average molecular weight is 281 g/mol. The van der Waals surface area contributed by atoms with Crippen LogP contribution < -0.4 is 11.1 Å². The molecule has 0 aliphatic carbocycles. The van der Waals surface area contributed by atoms with Crippen molar-refractivity contribution in [3.63, 3.8) is 0 Å². The third-order valence-corrected chi connectivity index (χ3v) is 3.45. The van der Waals surface area contributed by atoms with Crippen LogP contribution in [0.3, 0.4) is 0 Å². The van der Waals surface area contributed by atoms with Crippen LogP contribution in [0.25, 0.3) is 0 Å². The number of amidine groups is 1. The van der Waals surface area contributed by atoms with Crippen molar-refractivity contribution >= 4 is 5.84 Å². The second-order valence-electron chi connectivity index (χ2n) is 5.63. The van der Waals surface area contributed by atoms with Crippen LogP contribution in [0.5, 0.6) is 0 Å². The molecule has 1 rings (SSSR count). The number of nitrogens with zero attached hydrogens (tertiary/aromatic N) is 1. The molecule has 0 unspecified atom stereocenters. The van der Waals surface area contributed by atoms with Crippen LogP contribution in [0.15, 0.2) is 29.4 Å². The van der Waals surface area contributed by atoms with Gasteiger partial charge >= 0.3 is 0 Å². The van der Waals surface area contributed by atoms with Crippen LogP contribution in [0, 0.1) is 11.2 Å². The maximum absolute atomic E-state index is 12.7. The predicted octanol–water partition coefficient (Wildman–Crippen LogP) is 2.86. The van der Waals surface area contributed by atoms with Crippen LogP contribution in [0.4, 0.5) is 4.39 Å². The fourth-order valence-electron chi connectivity index (χ4n) is 1.92. The zero-order valence-electron chi connectivity index (χ0n) is 12.2. The highest BCUT2D eigenvalue weighted by Gasteiger charge is 2.22. The predicted molar refractivity (Wildman–Crippen MR) is 79.1 cm³/mol. The summed E-state index contributed by atoms with van der Waals surface area (Å²) in [7, 11) is 0. The molecule has 0 aliphatic rings. The fourth-order valence-corrected chi connectivity index (χ4v) is 1.92. The van der Waals surface area contributed by atoms with Gasteiger partial charge in [0.15, 0.2) is 0 Å². The van der Waals surface area contributed by atoms with E-state index in [0.29, 0.717) is 0 Å². The Bertz CT molecular complexity index is 429. The highest BCUT2D eigenvalue weighted by Crippen LogP contribution is 2.23. The summed E-state index contributed by atoms with van der Waals surface area (Å²) >= 11 is 0. The molecule has 0 bridgehead atoms. The van der Waals surface area contributed by atoms with Crippen LogP contribution >= 0.6 is 0 Å². The first-order chi connectivity index (χ1) is 9.45. The number of rotatable bonds is 8. The molecule has 0 heterocycles. The number of hydrogen-bond donors (Lipinski definition) is 3. The maximum Gasteiger partial charge on any atom is 0.144 e. The monoisotopic (exact) mass is 281 g/mol. The second kappa shape index (κ2) is 7.85. The van der Waals surface area contributed by atoms with Gasteiger partial charge in [0.2, 0.25) is 0 Å². The largest absolute Gasteiger partial charge is 0.409 e. The summed E-state index contributed by atoms with van der Waals surface area (Å²) in [6.07, 6.45) is 2.89. The Balaban J connectivity index is 2.15. The molecular formula is C15H24FN3O. The van der Waals surface area contributed by atoms with Gasteiger partial charge in [0.25, 0.3) is 0 Å². The normalized spacial score (nSPS) is 12.7. The van der Waals surface area contributed by atoms with Crippen molar-refractivity contribution in [1.29, 1.82) is 0 Å². The van der Waals surface area contributed by atoms with Crippen LogP contribution in [-0.4, -0.2) is 17.6 Å². The fraction of sp³-hybridized carbons (Fsp3) is 0.533. The lowest BCUT2D eigenvalue weighted by atomic mass is 9.86. The summed E-state index contributed by atoms with van der Waals surface area (Å²) in [5.41, 5.74) is 6.43. The van der Waals surface area contributed by atoms with Gasteiger partial charge in [0.05, 0.1) is 0 Å². The molecule has 4 N–H and O–H groups in total. The number of nitrogens with one attached hydrogen (secondary N) is 1. The summed E-state index contributed by atoms with van der Waals surface area (Å²) < 4.78 is 12.7.